The van der Waals surface area contributed by atoms with Gasteiger partial charge in [0, 0.05) is 28.7 Å². The number of benzene rings is 1. The zero-order valence-electron chi connectivity index (χ0n) is 34.0. The van der Waals surface area contributed by atoms with Crippen LogP contribution in [0.15, 0.2) is 18.2 Å². The van der Waals surface area contributed by atoms with Crippen LogP contribution in [0.25, 0.3) is 0 Å². The molecule has 0 aliphatic heterocycles. The van der Waals surface area contributed by atoms with Crippen LogP contribution in [0.5, 0.6) is 5.75 Å². The second kappa shape index (κ2) is 18.9. The lowest BCUT2D eigenvalue weighted by Gasteiger charge is -2.53. The molecule has 0 amide bonds. The molecule has 2 fully saturated rings. The first kappa shape index (κ1) is 46.6. The van der Waals surface area contributed by atoms with Gasteiger partial charge in [0.25, 0.3) is 0 Å². The van der Waals surface area contributed by atoms with Crippen molar-refractivity contribution < 1.29 is 54.1 Å². The Bertz CT molecular complexity index is 1440. The summed E-state index contributed by atoms with van der Waals surface area (Å²) in [5, 5.41) is 11.1. The zero-order valence-corrected chi connectivity index (χ0v) is 35.7. The Balaban J connectivity index is 1.28. The van der Waals surface area contributed by atoms with Gasteiger partial charge in [-0.1, -0.05) is 51.5 Å². The molecule has 0 heterocycles. The quantitative estimate of drug-likeness (QED) is 0.0606. The van der Waals surface area contributed by atoms with Crippen LogP contribution in [0.3, 0.4) is 0 Å². The number of aliphatic hydroxyl groups is 1. The van der Waals surface area contributed by atoms with Gasteiger partial charge in [-0.15, -0.1) is 0 Å². The summed E-state index contributed by atoms with van der Waals surface area (Å²) in [4.78, 5) is 0. The highest BCUT2D eigenvalue weighted by atomic mass is 32.2. The summed E-state index contributed by atoms with van der Waals surface area (Å²) in [6, 6.07) is 6.25. The van der Waals surface area contributed by atoms with Crippen molar-refractivity contribution in [1.82, 2.24) is 0 Å². The van der Waals surface area contributed by atoms with Gasteiger partial charge >= 0.3 is 19.9 Å². The number of phosphoric ester groups is 1. The van der Waals surface area contributed by atoms with Crippen LogP contribution >= 0.6 is 7.82 Å². The number of phosphoric acid groups is 1. The van der Waals surface area contributed by atoms with Crippen LogP contribution in [0.2, 0.25) is 0 Å². The Morgan fingerprint density at radius 2 is 1.45 bits per heavy atom. The van der Waals surface area contributed by atoms with Crippen LogP contribution in [-0.2, 0) is 35.4 Å². The Labute approximate surface area is 328 Å². The predicted molar refractivity (Wildman–Crippen MR) is 207 cm³/mol. The molecule has 7 nitrogen and oxygen atoms in total. The van der Waals surface area contributed by atoms with Crippen molar-refractivity contribution in [1.29, 1.82) is 0 Å². The van der Waals surface area contributed by atoms with E-state index in [1.165, 1.54) is 11.1 Å². The average Bonchev–Trinajstić information content (AvgIpc) is 3.34. The van der Waals surface area contributed by atoms with Gasteiger partial charge in [-0.05, 0) is 145 Å². The Morgan fingerprint density at radius 1 is 0.855 bits per heavy atom. The zero-order chi connectivity index (χ0) is 40.9. The van der Waals surface area contributed by atoms with Gasteiger partial charge in [0.05, 0.1) is 17.3 Å². The van der Waals surface area contributed by atoms with E-state index in [2.05, 4.69) is 19.1 Å². The maximum absolute atomic E-state index is 13.5. The maximum atomic E-state index is 13.5. The minimum Gasteiger partial charge on any atom is -0.467 e. The summed E-state index contributed by atoms with van der Waals surface area (Å²) < 4.78 is 112. The molecule has 2 saturated carbocycles. The molecule has 14 heteroatoms. The van der Waals surface area contributed by atoms with Crippen LogP contribution in [0, 0.1) is 23.2 Å². The lowest BCUT2D eigenvalue weighted by Crippen LogP contribution is -2.47. The van der Waals surface area contributed by atoms with Gasteiger partial charge in [-0.3, -0.25) is 13.3 Å². The molecule has 318 valence electrons. The minimum atomic E-state index is -5.56. The summed E-state index contributed by atoms with van der Waals surface area (Å²) in [6.07, 6.45) is 5.25. The van der Waals surface area contributed by atoms with Crippen molar-refractivity contribution in [3.63, 3.8) is 0 Å². The molecular formula is C41H66F5O7PS. The van der Waals surface area contributed by atoms with Crippen LogP contribution < -0.4 is 4.74 Å². The third-order valence-corrected chi connectivity index (χ3v) is 15.2. The molecule has 1 N–H and O–H groups in total. The summed E-state index contributed by atoms with van der Waals surface area (Å²) in [6.45, 7) is 12.7. The number of unbranched alkanes of at least 4 members (excludes halogenated alkanes) is 6. The summed E-state index contributed by atoms with van der Waals surface area (Å²) >= 11 is 0. The summed E-state index contributed by atoms with van der Waals surface area (Å²) in [7, 11) is -5.31. The van der Waals surface area contributed by atoms with E-state index >= 15 is 0 Å². The molecule has 0 spiro atoms. The fraction of sp³-hybridized carbons (Fsp3) is 0.854. The van der Waals surface area contributed by atoms with Crippen molar-refractivity contribution in [2.24, 2.45) is 23.2 Å². The van der Waals surface area contributed by atoms with Crippen molar-refractivity contribution in [3.05, 3.63) is 29.3 Å². The first-order chi connectivity index (χ1) is 25.4. The standard InChI is InChI=1S/C41H66F5O7PS/c1-37(2,3)52-54(48,53-38(4,5)6)51-28-50-31-17-18-32-30(27-31)26-29(36-33(32)21-23-39(7)34(36)19-20-35(39)47)16-13-11-9-8-10-12-14-24-55(49)25-15-22-40(42,43)41(44,45)46/h17-18,27,29,33-36,47H,8-16,19-26,28H2,1-7H3/t29-,33?,34+,35+,36-,39+,55?/m1/s1. The van der Waals surface area contributed by atoms with E-state index in [0.29, 0.717) is 41.6 Å². The second-order valence-corrected chi connectivity index (χ2v) is 21.6. The smallest absolute Gasteiger partial charge is 0.467 e. The molecule has 3 aliphatic carbocycles. The van der Waals surface area contributed by atoms with Crippen LogP contribution in [-0.4, -0.2) is 57.0 Å². The molecule has 55 heavy (non-hydrogen) atoms. The first-order valence-corrected chi connectivity index (χ1v) is 23.3. The molecule has 3 aliphatic rings. The molecule has 1 aromatic carbocycles. The highest BCUT2D eigenvalue weighted by Gasteiger charge is 2.57. The van der Waals surface area contributed by atoms with Crippen LogP contribution in [0.1, 0.15) is 155 Å². The van der Waals surface area contributed by atoms with Gasteiger partial charge in [0.15, 0.2) is 6.79 Å². The third kappa shape index (κ3) is 13.2. The molecule has 0 saturated heterocycles. The Morgan fingerprint density at radius 3 is 2.07 bits per heavy atom. The fourth-order valence-electron chi connectivity index (χ4n) is 9.26. The Hall–Kier alpha value is -1.11. The van der Waals surface area contributed by atoms with E-state index in [9.17, 15) is 35.8 Å². The van der Waals surface area contributed by atoms with Crippen LogP contribution in [0.4, 0.5) is 22.0 Å². The number of ether oxygens (including phenoxy) is 1. The van der Waals surface area contributed by atoms with Gasteiger partial charge in [0.1, 0.15) is 5.75 Å². The molecule has 0 radical (unpaired) electrons. The number of hydrogen-bond acceptors (Lipinski definition) is 7. The minimum absolute atomic E-state index is 0.0483. The molecule has 1 aromatic rings. The summed E-state index contributed by atoms with van der Waals surface area (Å²) in [5.74, 6) is -2.01. The van der Waals surface area contributed by atoms with E-state index in [1.807, 2.05) is 6.07 Å². The molecule has 7 atom stereocenters. The molecular weight excluding hydrogens is 762 g/mol. The fourth-order valence-corrected chi connectivity index (χ4v) is 12.1. The van der Waals surface area contributed by atoms with Gasteiger partial charge in [-0.2, -0.15) is 22.0 Å². The first-order valence-electron chi connectivity index (χ1n) is 20.3. The number of aliphatic hydroxyl groups excluding tert-OH is 1. The maximum Gasteiger partial charge on any atom is 0.478 e. The van der Waals surface area contributed by atoms with Gasteiger partial charge in [0.2, 0.25) is 0 Å². The largest absolute Gasteiger partial charge is 0.478 e. The van der Waals surface area contributed by atoms with Gasteiger partial charge in [-0.25, -0.2) is 9.09 Å². The van der Waals surface area contributed by atoms with Crippen molar-refractivity contribution in [2.45, 2.75) is 180 Å². The second-order valence-electron chi connectivity index (χ2n) is 18.4. The molecule has 0 aromatic heterocycles. The van der Waals surface area contributed by atoms with Crippen molar-refractivity contribution in [3.8, 4) is 5.75 Å². The Kier molecular flexibility index (Phi) is 16.0. The lowest BCUT2D eigenvalue weighted by atomic mass is 9.52. The topological polar surface area (TPSA) is 91.3 Å². The van der Waals surface area contributed by atoms with E-state index < -0.39 is 54.8 Å². The molecule has 2 unspecified atom stereocenters. The summed E-state index contributed by atoms with van der Waals surface area (Å²) in [5.41, 5.74) is 1.09. The van der Waals surface area contributed by atoms with E-state index in [1.54, 1.807) is 41.5 Å². The van der Waals surface area contributed by atoms with Crippen molar-refractivity contribution in [2.75, 3.05) is 18.3 Å². The number of hydrogen-bond donors (Lipinski definition) is 1. The van der Waals surface area contributed by atoms with E-state index in [4.69, 9.17) is 18.3 Å². The number of fused-ring (bicyclic) bond motifs is 5. The number of halogens is 5. The third-order valence-electron chi connectivity index (χ3n) is 11.8. The SMILES string of the molecule is CC(C)(C)OP(=O)(OCOc1ccc2c(c1)C[C@@H](CCCCCCCCCS(=O)CCCC(F)(F)C(F)(F)F)[C@@H]1C2CC[C@]2(C)[C@@H](O)CC[C@@H]12)OC(C)(C)C. The van der Waals surface area contributed by atoms with Crippen molar-refractivity contribution >= 4 is 18.6 Å². The molecule has 0 bridgehead atoms. The van der Waals surface area contributed by atoms with Gasteiger partial charge < -0.3 is 9.84 Å². The highest BCUT2D eigenvalue weighted by molar-refractivity contribution is 7.84. The normalized spacial score (nSPS) is 26.7. The van der Waals surface area contributed by atoms with E-state index in [-0.39, 0.29) is 24.1 Å². The average molecular weight is 829 g/mol. The molecule has 4 rings (SSSR count). The monoisotopic (exact) mass is 828 g/mol. The lowest BCUT2D eigenvalue weighted by molar-refractivity contribution is -0.284. The number of alkyl halides is 5. The highest BCUT2D eigenvalue weighted by Crippen LogP contribution is 2.63. The number of rotatable bonds is 20. The predicted octanol–water partition coefficient (Wildman–Crippen LogP) is 12.1. The van der Waals surface area contributed by atoms with E-state index in [0.717, 1.165) is 77.0 Å².